The van der Waals surface area contributed by atoms with Gasteiger partial charge in [-0.2, -0.15) is 0 Å². The van der Waals surface area contributed by atoms with E-state index in [-0.39, 0.29) is 16.6 Å². The molecule has 0 bridgehead atoms. The summed E-state index contributed by atoms with van der Waals surface area (Å²) in [4.78, 5) is 11.0. The lowest BCUT2D eigenvalue weighted by Crippen LogP contribution is -2.33. The van der Waals surface area contributed by atoms with Crippen molar-refractivity contribution in [3.63, 3.8) is 0 Å². The maximum atomic E-state index is 11.0. The number of phenols is 1. The fraction of sp³-hybridized carbons (Fsp3) is 0.323. The molecule has 0 unspecified atom stereocenters. The highest BCUT2D eigenvalue weighted by Crippen LogP contribution is 2.50. The lowest BCUT2D eigenvalue weighted by molar-refractivity contribution is -0.131. The summed E-state index contributed by atoms with van der Waals surface area (Å²) in [5, 5.41) is 19.9. The second-order valence-corrected chi connectivity index (χ2v) is 10.7. The third kappa shape index (κ3) is 5.25. The molecular weight excluding hydrogens is 452 g/mol. The highest BCUT2D eigenvalue weighted by Gasteiger charge is 2.38. The maximum absolute atomic E-state index is 11.0. The van der Waals surface area contributed by atoms with Crippen molar-refractivity contribution in [3.8, 4) is 28.4 Å². The van der Waals surface area contributed by atoms with Gasteiger partial charge in [-0.25, -0.2) is 4.79 Å². The molecule has 2 N–H and O–H groups in total. The number of carbonyl (C=O) groups is 1. The fourth-order valence-electron chi connectivity index (χ4n) is 4.85. The first-order valence-corrected chi connectivity index (χ1v) is 12.2. The van der Waals surface area contributed by atoms with Crippen LogP contribution in [0.15, 0.2) is 60.7 Å². The van der Waals surface area contributed by atoms with Crippen LogP contribution in [0.25, 0.3) is 17.2 Å². The number of methoxy groups -OCH3 is 1. The molecule has 188 valence electrons. The van der Waals surface area contributed by atoms with E-state index in [1.54, 1.807) is 25.3 Å². The molecule has 0 saturated carbocycles. The van der Waals surface area contributed by atoms with Gasteiger partial charge in [-0.1, -0.05) is 45.9 Å². The second-order valence-electron chi connectivity index (χ2n) is 10.7. The van der Waals surface area contributed by atoms with Gasteiger partial charge in [0, 0.05) is 17.2 Å². The van der Waals surface area contributed by atoms with E-state index in [1.807, 2.05) is 24.3 Å². The fourth-order valence-corrected chi connectivity index (χ4v) is 4.85. The number of phenolic OH excluding ortho intramolecular Hbond substituents is 1. The van der Waals surface area contributed by atoms with Crippen molar-refractivity contribution >= 4 is 12.0 Å². The zero-order valence-corrected chi connectivity index (χ0v) is 21.6. The van der Waals surface area contributed by atoms with E-state index in [9.17, 15) is 9.90 Å². The number of hydrogen-bond donors (Lipinski definition) is 2. The van der Waals surface area contributed by atoms with E-state index < -0.39 is 5.97 Å². The Morgan fingerprint density at radius 3 is 2.17 bits per heavy atom. The molecule has 36 heavy (non-hydrogen) atoms. The summed E-state index contributed by atoms with van der Waals surface area (Å²) in [5.41, 5.74) is 5.56. The zero-order chi connectivity index (χ0) is 26.1. The molecule has 0 spiro atoms. The van der Waals surface area contributed by atoms with Crippen LogP contribution < -0.4 is 9.47 Å². The Morgan fingerprint density at radius 1 is 0.917 bits per heavy atom. The van der Waals surface area contributed by atoms with Crippen LogP contribution in [0.4, 0.5) is 0 Å². The number of aliphatic carboxylic acids is 1. The predicted molar refractivity (Wildman–Crippen MR) is 143 cm³/mol. The lowest BCUT2D eigenvalue weighted by atomic mass is 9.62. The minimum Gasteiger partial charge on any atom is -0.507 e. The monoisotopic (exact) mass is 486 g/mol. The van der Waals surface area contributed by atoms with Gasteiger partial charge in [0.1, 0.15) is 23.9 Å². The molecule has 4 rings (SSSR count). The van der Waals surface area contributed by atoms with E-state index in [2.05, 4.69) is 39.8 Å². The third-order valence-corrected chi connectivity index (χ3v) is 7.24. The quantitative estimate of drug-likeness (QED) is 0.349. The molecule has 1 aliphatic carbocycles. The van der Waals surface area contributed by atoms with Crippen molar-refractivity contribution in [2.24, 2.45) is 0 Å². The molecule has 1 aliphatic rings. The largest absolute Gasteiger partial charge is 0.507 e. The number of hydrogen-bond acceptors (Lipinski definition) is 4. The Balaban J connectivity index is 1.84. The molecule has 0 radical (unpaired) electrons. The van der Waals surface area contributed by atoms with Crippen LogP contribution in [-0.4, -0.2) is 23.3 Å². The molecule has 0 heterocycles. The summed E-state index contributed by atoms with van der Waals surface area (Å²) in [6.45, 7) is 9.41. The predicted octanol–water partition coefficient (Wildman–Crippen LogP) is 7.09. The van der Waals surface area contributed by atoms with Gasteiger partial charge in [-0.3, -0.25) is 0 Å². The van der Waals surface area contributed by atoms with E-state index >= 15 is 0 Å². The van der Waals surface area contributed by atoms with Crippen LogP contribution in [0.5, 0.6) is 17.2 Å². The number of carboxylic acid groups (broad SMARTS) is 1. The van der Waals surface area contributed by atoms with Crippen LogP contribution in [0.2, 0.25) is 0 Å². The van der Waals surface area contributed by atoms with E-state index in [0.717, 1.165) is 35.8 Å². The summed E-state index contributed by atoms with van der Waals surface area (Å²) in [5.74, 6) is 0.564. The Morgan fingerprint density at radius 2 is 1.56 bits per heavy atom. The van der Waals surface area contributed by atoms with Crippen molar-refractivity contribution in [2.75, 3.05) is 7.11 Å². The molecule has 0 amide bonds. The number of benzene rings is 3. The van der Waals surface area contributed by atoms with Crippen molar-refractivity contribution in [1.82, 2.24) is 0 Å². The van der Waals surface area contributed by atoms with E-state index in [1.165, 1.54) is 17.2 Å². The molecular formula is C31H34O5. The topological polar surface area (TPSA) is 76.0 Å². The summed E-state index contributed by atoms with van der Waals surface area (Å²) < 4.78 is 11.7. The number of aromatic hydroxyl groups is 1. The van der Waals surface area contributed by atoms with Crippen molar-refractivity contribution in [1.29, 1.82) is 0 Å². The minimum atomic E-state index is -1.02. The van der Waals surface area contributed by atoms with Crippen molar-refractivity contribution in [2.45, 2.75) is 58.0 Å². The van der Waals surface area contributed by atoms with Crippen LogP contribution in [0, 0.1) is 0 Å². The van der Waals surface area contributed by atoms with Gasteiger partial charge >= 0.3 is 5.97 Å². The van der Waals surface area contributed by atoms with Gasteiger partial charge in [0.25, 0.3) is 0 Å². The smallest absolute Gasteiger partial charge is 0.328 e. The van der Waals surface area contributed by atoms with Crippen LogP contribution in [-0.2, 0) is 22.2 Å². The third-order valence-electron chi connectivity index (χ3n) is 7.24. The Labute approximate surface area is 213 Å². The number of ether oxygens (including phenoxy) is 2. The first-order chi connectivity index (χ1) is 17.0. The van der Waals surface area contributed by atoms with Crippen LogP contribution in [0.1, 0.15) is 62.8 Å². The summed E-state index contributed by atoms with van der Waals surface area (Å²) in [6.07, 6.45) is 4.75. The van der Waals surface area contributed by atoms with Gasteiger partial charge in [-0.15, -0.1) is 0 Å². The first kappa shape index (κ1) is 25.4. The molecule has 0 atom stereocenters. The van der Waals surface area contributed by atoms with Gasteiger partial charge in [-0.05, 0) is 88.4 Å². The molecule has 0 saturated heterocycles. The average molecular weight is 487 g/mol. The second kappa shape index (κ2) is 9.73. The highest BCUT2D eigenvalue weighted by atomic mass is 16.5. The number of rotatable bonds is 7. The van der Waals surface area contributed by atoms with Crippen LogP contribution in [0.3, 0.4) is 0 Å². The molecule has 0 aromatic heterocycles. The summed E-state index contributed by atoms with van der Waals surface area (Å²) in [6, 6.07) is 17.1. The normalized spacial score (nSPS) is 15.9. The molecule has 0 aliphatic heterocycles. The maximum Gasteiger partial charge on any atom is 0.328 e. The Kier molecular flexibility index (Phi) is 6.85. The van der Waals surface area contributed by atoms with Gasteiger partial charge < -0.3 is 19.7 Å². The van der Waals surface area contributed by atoms with Crippen molar-refractivity contribution < 1.29 is 24.5 Å². The Hall–Kier alpha value is -3.73. The average Bonchev–Trinajstić information content (AvgIpc) is 2.85. The van der Waals surface area contributed by atoms with Crippen LogP contribution >= 0.6 is 0 Å². The van der Waals surface area contributed by atoms with E-state index in [0.29, 0.717) is 23.5 Å². The summed E-state index contributed by atoms with van der Waals surface area (Å²) >= 11 is 0. The standard InChI is InChI=1S/C31H34O5/c1-30(2)14-15-31(3,4)26-18-28(36-19-21-6-10-22(35-5)11-7-21)24(17-25(26)30)23-16-20(8-12-27(23)32)9-13-29(33)34/h6-13,16-18,32H,14-15,19H2,1-5H3,(H,33,34). The number of fused-ring (bicyclic) bond motifs is 1. The van der Waals surface area contributed by atoms with Gasteiger partial charge in [0.05, 0.1) is 7.11 Å². The van der Waals surface area contributed by atoms with Gasteiger partial charge in [0.15, 0.2) is 0 Å². The lowest BCUT2D eigenvalue weighted by Gasteiger charge is -2.42. The van der Waals surface area contributed by atoms with Gasteiger partial charge in [0.2, 0.25) is 0 Å². The molecule has 5 nitrogen and oxygen atoms in total. The molecule has 3 aromatic rings. The minimum absolute atomic E-state index is 0.00424. The molecule has 3 aromatic carbocycles. The molecule has 5 heteroatoms. The van der Waals surface area contributed by atoms with Crippen molar-refractivity contribution in [3.05, 3.63) is 82.9 Å². The highest BCUT2D eigenvalue weighted by molar-refractivity contribution is 5.86. The summed E-state index contributed by atoms with van der Waals surface area (Å²) in [7, 11) is 1.64. The SMILES string of the molecule is COc1ccc(COc2cc3c(cc2-c2cc(C=CC(=O)O)ccc2O)C(C)(C)CCC3(C)C)cc1. The van der Waals surface area contributed by atoms with E-state index in [4.69, 9.17) is 14.6 Å². The Bertz CT molecular complexity index is 1300. The molecule has 0 fully saturated rings. The first-order valence-electron chi connectivity index (χ1n) is 12.2. The zero-order valence-electron chi connectivity index (χ0n) is 21.6. The number of carboxylic acids is 1.